The summed E-state index contributed by atoms with van der Waals surface area (Å²) in [4.78, 5) is 12.5. The average Bonchev–Trinajstić information content (AvgIpc) is 2.89. The van der Waals surface area contributed by atoms with Crippen LogP contribution in [0.15, 0.2) is 60.7 Å². The van der Waals surface area contributed by atoms with Gasteiger partial charge in [-0.15, -0.1) is 0 Å². The molecule has 1 aliphatic rings. The molecule has 0 saturated heterocycles. The van der Waals surface area contributed by atoms with Gasteiger partial charge in [0, 0.05) is 7.05 Å². The molecule has 0 saturated carbocycles. The van der Waals surface area contributed by atoms with E-state index >= 15 is 0 Å². The van der Waals surface area contributed by atoms with Crippen molar-refractivity contribution < 1.29 is 4.79 Å². The minimum absolute atomic E-state index is 0.0533. The molecule has 1 N–H and O–H groups in total. The third kappa shape index (κ3) is 1.62. The molecule has 0 aromatic heterocycles. The molecule has 21 heavy (non-hydrogen) atoms. The summed E-state index contributed by atoms with van der Waals surface area (Å²) in [7, 11) is 1.70. The second kappa shape index (κ2) is 4.45. The maximum Gasteiger partial charge on any atom is 0.231 e. The molecule has 4 rings (SSSR count). The van der Waals surface area contributed by atoms with Crippen LogP contribution in [0.2, 0.25) is 0 Å². The van der Waals surface area contributed by atoms with E-state index in [1.165, 1.54) is 21.9 Å². The predicted molar refractivity (Wildman–Crippen MR) is 85.3 cm³/mol. The maximum absolute atomic E-state index is 12.5. The van der Waals surface area contributed by atoms with E-state index in [-0.39, 0.29) is 11.8 Å². The first kappa shape index (κ1) is 12.2. The Labute approximate surface area is 123 Å². The van der Waals surface area contributed by atoms with Gasteiger partial charge < -0.3 is 5.32 Å². The van der Waals surface area contributed by atoms with E-state index < -0.39 is 0 Å². The normalized spacial score (nSPS) is 15.6. The van der Waals surface area contributed by atoms with E-state index in [1.54, 1.807) is 7.05 Å². The van der Waals surface area contributed by atoms with Crippen LogP contribution in [0.5, 0.6) is 0 Å². The lowest BCUT2D eigenvalue weighted by molar-refractivity contribution is -0.121. The van der Waals surface area contributed by atoms with E-state index in [0.717, 1.165) is 11.1 Å². The van der Waals surface area contributed by atoms with Crippen LogP contribution in [-0.4, -0.2) is 13.0 Å². The van der Waals surface area contributed by atoms with Crippen molar-refractivity contribution in [2.45, 2.75) is 5.92 Å². The molecule has 0 spiro atoms. The molecule has 3 aromatic carbocycles. The number of hydrogen-bond donors (Lipinski definition) is 1. The summed E-state index contributed by atoms with van der Waals surface area (Å²) in [6, 6.07) is 20.7. The van der Waals surface area contributed by atoms with Crippen LogP contribution in [-0.2, 0) is 4.79 Å². The third-order valence-corrected chi connectivity index (χ3v) is 4.33. The van der Waals surface area contributed by atoms with Crippen molar-refractivity contribution in [3.8, 4) is 11.1 Å². The SMILES string of the molecule is CNC(=O)C1c2ccccc2-c2ccc3ccccc3c21. The highest BCUT2D eigenvalue weighted by Gasteiger charge is 2.34. The van der Waals surface area contributed by atoms with E-state index in [2.05, 4.69) is 41.7 Å². The Kier molecular flexibility index (Phi) is 2.58. The Hall–Kier alpha value is -2.61. The molecular weight excluding hydrogens is 258 g/mol. The Balaban J connectivity index is 2.11. The predicted octanol–water partition coefficient (Wildman–Crippen LogP) is 3.70. The number of hydrogen-bond acceptors (Lipinski definition) is 1. The fourth-order valence-electron chi connectivity index (χ4n) is 3.41. The standard InChI is InChI=1S/C19H15NO/c1-20-19(21)18-15-9-5-4-8-14(15)16-11-10-12-6-2-3-7-13(12)17(16)18/h2-11,18H,1H3,(H,20,21). The zero-order valence-electron chi connectivity index (χ0n) is 11.8. The van der Waals surface area contributed by atoms with Crippen molar-refractivity contribution in [1.82, 2.24) is 5.32 Å². The summed E-state index contributed by atoms with van der Waals surface area (Å²) in [5, 5.41) is 5.16. The zero-order valence-corrected chi connectivity index (χ0v) is 11.8. The highest BCUT2D eigenvalue weighted by molar-refractivity contribution is 6.04. The number of nitrogens with one attached hydrogen (secondary N) is 1. The van der Waals surface area contributed by atoms with Gasteiger partial charge in [0.2, 0.25) is 5.91 Å². The van der Waals surface area contributed by atoms with Crippen LogP contribution >= 0.6 is 0 Å². The molecule has 0 aliphatic heterocycles. The summed E-state index contributed by atoms with van der Waals surface area (Å²) in [5.74, 6) is -0.162. The number of amides is 1. The smallest absolute Gasteiger partial charge is 0.231 e. The van der Waals surface area contributed by atoms with E-state index in [9.17, 15) is 4.79 Å². The fourth-order valence-corrected chi connectivity index (χ4v) is 3.41. The number of carbonyl (C=O) groups excluding carboxylic acids is 1. The van der Waals surface area contributed by atoms with Gasteiger partial charge >= 0.3 is 0 Å². The third-order valence-electron chi connectivity index (χ3n) is 4.33. The molecule has 2 heteroatoms. The second-order valence-electron chi connectivity index (χ2n) is 5.38. The van der Waals surface area contributed by atoms with E-state index in [0.29, 0.717) is 0 Å². The fraction of sp³-hybridized carbons (Fsp3) is 0.105. The summed E-state index contributed by atoms with van der Waals surface area (Å²) in [5.41, 5.74) is 4.58. The van der Waals surface area contributed by atoms with E-state index in [4.69, 9.17) is 0 Å². The largest absolute Gasteiger partial charge is 0.358 e. The summed E-state index contributed by atoms with van der Waals surface area (Å²) in [6.07, 6.45) is 0. The summed E-state index contributed by atoms with van der Waals surface area (Å²) < 4.78 is 0. The Morgan fingerprint density at radius 1 is 0.905 bits per heavy atom. The lowest BCUT2D eigenvalue weighted by Gasteiger charge is -2.14. The van der Waals surface area contributed by atoms with Crippen LogP contribution in [0, 0.1) is 0 Å². The van der Waals surface area contributed by atoms with Gasteiger partial charge in [-0.1, -0.05) is 60.7 Å². The number of benzene rings is 3. The van der Waals surface area contributed by atoms with Crippen molar-refractivity contribution in [1.29, 1.82) is 0 Å². The lowest BCUT2D eigenvalue weighted by Crippen LogP contribution is -2.25. The molecule has 0 radical (unpaired) electrons. The number of rotatable bonds is 1. The molecule has 1 aliphatic carbocycles. The van der Waals surface area contributed by atoms with Crippen LogP contribution < -0.4 is 5.32 Å². The first-order chi connectivity index (χ1) is 10.3. The monoisotopic (exact) mass is 273 g/mol. The average molecular weight is 273 g/mol. The number of fused-ring (bicyclic) bond motifs is 5. The van der Waals surface area contributed by atoms with Crippen molar-refractivity contribution in [3.05, 3.63) is 71.8 Å². The van der Waals surface area contributed by atoms with Crippen molar-refractivity contribution in [3.63, 3.8) is 0 Å². The van der Waals surface area contributed by atoms with Gasteiger partial charge in [-0.3, -0.25) is 4.79 Å². The minimum atomic E-state index is -0.215. The molecule has 2 nitrogen and oxygen atoms in total. The molecule has 3 aromatic rings. The molecule has 0 bridgehead atoms. The highest BCUT2D eigenvalue weighted by Crippen LogP contribution is 2.47. The maximum atomic E-state index is 12.5. The molecule has 1 atom stereocenters. The molecular formula is C19H15NO. The van der Waals surface area contributed by atoms with Crippen LogP contribution in [0.25, 0.3) is 21.9 Å². The molecule has 102 valence electrons. The Morgan fingerprint density at radius 3 is 2.52 bits per heavy atom. The van der Waals surface area contributed by atoms with Gasteiger partial charge in [-0.05, 0) is 33.0 Å². The quantitative estimate of drug-likeness (QED) is 0.719. The zero-order chi connectivity index (χ0) is 14.4. The van der Waals surface area contributed by atoms with Crippen molar-refractivity contribution in [2.75, 3.05) is 7.05 Å². The first-order valence-corrected chi connectivity index (χ1v) is 7.14. The van der Waals surface area contributed by atoms with Crippen LogP contribution in [0.4, 0.5) is 0 Å². The second-order valence-corrected chi connectivity index (χ2v) is 5.38. The van der Waals surface area contributed by atoms with E-state index in [1.807, 2.05) is 24.3 Å². The Morgan fingerprint density at radius 2 is 1.67 bits per heavy atom. The van der Waals surface area contributed by atoms with Gasteiger partial charge in [0.15, 0.2) is 0 Å². The minimum Gasteiger partial charge on any atom is -0.358 e. The first-order valence-electron chi connectivity index (χ1n) is 7.14. The number of carbonyl (C=O) groups is 1. The highest BCUT2D eigenvalue weighted by atomic mass is 16.1. The summed E-state index contributed by atoms with van der Waals surface area (Å²) in [6.45, 7) is 0. The van der Waals surface area contributed by atoms with Gasteiger partial charge in [0.05, 0.1) is 5.92 Å². The lowest BCUT2D eigenvalue weighted by atomic mass is 9.92. The van der Waals surface area contributed by atoms with Gasteiger partial charge in [0.25, 0.3) is 0 Å². The van der Waals surface area contributed by atoms with Crippen LogP contribution in [0.3, 0.4) is 0 Å². The molecule has 1 unspecified atom stereocenters. The molecule has 1 amide bonds. The number of likely N-dealkylation sites (N-methyl/N-ethyl adjacent to an activating group) is 1. The van der Waals surface area contributed by atoms with Gasteiger partial charge in [0.1, 0.15) is 0 Å². The molecule has 0 heterocycles. The van der Waals surface area contributed by atoms with Crippen LogP contribution in [0.1, 0.15) is 17.0 Å². The topological polar surface area (TPSA) is 29.1 Å². The summed E-state index contributed by atoms with van der Waals surface area (Å²) >= 11 is 0. The van der Waals surface area contributed by atoms with Crippen molar-refractivity contribution >= 4 is 16.7 Å². The van der Waals surface area contributed by atoms with Gasteiger partial charge in [-0.2, -0.15) is 0 Å². The van der Waals surface area contributed by atoms with Gasteiger partial charge in [-0.25, -0.2) is 0 Å². The molecule has 0 fully saturated rings. The Bertz CT molecular complexity index is 866. The van der Waals surface area contributed by atoms with Crippen molar-refractivity contribution in [2.24, 2.45) is 0 Å².